The number of anilines is 3. The topological polar surface area (TPSA) is 104 Å². The maximum absolute atomic E-state index is 13.1. The minimum Gasteiger partial charge on any atom is -0.383 e. The maximum atomic E-state index is 13.1. The average molecular weight is 460 g/mol. The van der Waals surface area contributed by atoms with E-state index < -0.39 is 0 Å². The van der Waals surface area contributed by atoms with Gasteiger partial charge in [0.15, 0.2) is 0 Å². The molecule has 8 heteroatoms. The highest BCUT2D eigenvalue weighted by atomic mass is 35.5. The van der Waals surface area contributed by atoms with Crippen molar-refractivity contribution in [3.8, 4) is 17.2 Å². The largest absolute Gasteiger partial charge is 0.383 e. The van der Waals surface area contributed by atoms with Gasteiger partial charge in [0.25, 0.3) is 5.91 Å². The number of nitrogens with one attached hydrogen (secondary N) is 2. The Morgan fingerprint density at radius 3 is 2.59 bits per heavy atom. The Morgan fingerprint density at radius 2 is 1.94 bits per heavy atom. The number of hydrogen-bond acceptors (Lipinski definition) is 6. The lowest BCUT2D eigenvalue weighted by atomic mass is 10.00. The van der Waals surface area contributed by atoms with Gasteiger partial charge in [0, 0.05) is 22.8 Å². The molecule has 6 nitrogen and oxygen atoms in total. The lowest BCUT2D eigenvalue weighted by molar-refractivity contribution is 0.0960. The van der Waals surface area contributed by atoms with Crippen molar-refractivity contribution in [2.24, 2.45) is 0 Å². The highest BCUT2D eigenvalue weighted by molar-refractivity contribution is 7.24. The molecule has 2 aromatic heterocycles. The number of carbonyl (C=O) groups is 1. The number of nitrogens with zero attached hydrogens (tertiary/aromatic N) is 2. The van der Waals surface area contributed by atoms with Crippen molar-refractivity contribution in [3.63, 3.8) is 0 Å². The molecule has 0 radical (unpaired) electrons. The van der Waals surface area contributed by atoms with Gasteiger partial charge in [-0.2, -0.15) is 5.26 Å². The number of amides is 1. The average Bonchev–Trinajstić information content (AvgIpc) is 3.15. The Morgan fingerprint density at radius 1 is 1.22 bits per heavy atom. The molecule has 32 heavy (non-hydrogen) atoms. The summed E-state index contributed by atoms with van der Waals surface area (Å²) in [6.07, 6.45) is 1.60. The Bertz CT molecular complexity index is 1360. The number of benzene rings is 2. The van der Waals surface area contributed by atoms with Crippen LogP contribution in [0.3, 0.4) is 0 Å². The molecular weight excluding hydrogens is 442 g/mol. The second-order valence-electron chi connectivity index (χ2n) is 6.84. The van der Waals surface area contributed by atoms with Gasteiger partial charge in [-0.15, -0.1) is 17.9 Å². The van der Waals surface area contributed by atoms with Gasteiger partial charge in [-0.1, -0.05) is 48.0 Å². The number of para-hydroxylation sites is 1. The third-order valence-corrected chi connectivity index (χ3v) is 6.12. The van der Waals surface area contributed by atoms with Crippen LogP contribution in [0.25, 0.3) is 21.3 Å². The number of hydrogen-bond donors (Lipinski definition) is 3. The first-order valence-corrected chi connectivity index (χ1v) is 10.9. The van der Waals surface area contributed by atoms with E-state index in [0.717, 1.165) is 11.3 Å². The number of nitriles is 1. The van der Waals surface area contributed by atoms with Crippen molar-refractivity contribution in [1.29, 1.82) is 5.26 Å². The molecule has 4 N–H and O–H groups in total. The standard InChI is InChI=1S/C24H18ClN5OS/c1-2-12-28-23(31)19-20-21(32-24(19)29-16-6-4-3-5-7-16)18(17(13-26)22(27)30-20)14-8-10-15(25)11-9-14/h2-11,29H,1,12H2,(H2,27,30)(H,28,31). The highest BCUT2D eigenvalue weighted by Gasteiger charge is 2.26. The third-order valence-electron chi connectivity index (χ3n) is 4.76. The van der Waals surface area contributed by atoms with E-state index in [2.05, 4.69) is 28.3 Å². The zero-order valence-corrected chi connectivity index (χ0v) is 18.4. The first-order chi connectivity index (χ1) is 15.5. The number of pyridine rings is 1. The first kappa shape index (κ1) is 21.4. The summed E-state index contributed by atoms with van der Waals surface area (Å²) in [4.78, 5) is 17.5. The van der Waals surface area contributed by atoms with E-state index in [-0.39, 0.29) is 17.3 Å². The van der Waals surface area contributed by atoms with Gasteiger partial charge < -0.3 is 16.4 Å². The molecule has 0 bridgehead atoms. The fourth-order valence-corrected chi connectivity index (χ4v) is 4.68. The number of fused-ring (bicyclic) bond motifs is 1. The summed E-state index contributed by atoms with van der Waals surface area (Å²) in [6.45, 7) is 3.96. The summed E-state index contributed by atoms with van der Waals surface area (Å²) in [5.74, 6) is -0.250. The molecular formula is C24H18ClN5OS. The third kappa shape index (κ3) is 4.02. The van der Waals surface area contributed by atoms with Gasteiger partial charge >= 0.3 is 0 Å². The highest BCUT2D eigenvalue weighted by Crippen LogP contribution is 2.44. The Hall–Kier alpha value is -3.86. The van der Waals surface area contributed by atoms with Gasteiger partial charge in [0.1, 0.15) is 28.0 Å². The monoisotopic (exact) mass is 459 g/mol. The van der Waals surface area contributed by atoms with Gasteiger partial charge in [-0.25, -0.2) is 4.98 Å². The zero-order valence-electron chi connectivity index (χ0n) is 16.9. The molecule has 2 heterocycles. The van der Waals surface area contributed by atoms with E-state index >= 15 is 0 Å². The lowest BCUT2D eigenvalue weighted by Gasteiger charge is -2.09. The molecule has 1 amide bonds. The fourth-order valence-electron chi connectivity index (χ4n) is 3.33. The van der Waals surface area contributed by atoms with Crippen LogP contribution in [-0.4, -0.2) is 17.4 Å². The van der Waals surface area contributed by atoms with Crippen LogP contribution in [-0.2, 0) is 0 Å². The van der Waals surface area contributed by atoms with Gasteiger partial charge in [-0.3, -0.25) is 4.79 Å². The second-order valence-corrected chi connectivity index (χ2v) is 8.30. The van der Waals surface area contributed by atoms with Crippen LogP contribution in [0.2, 0.25) is 5.02 Å². The second kappa shape index (κ2) is 9.10. The summed E-state index contributed by atoms with van der Waals surface area (Å²) in [5.41, 5.74) is 9.42. The van der Waals surface area contributed by atoms with Crippen molar-refractivity contribution in [3.05, 3.63) is 83.4 Å². The number of thiophene rings is 1. The van der Waals surface area contributed by atoms with Crippen molar-refractivity contribution in [2.75, 3.05) is 17.6 Å². The molecule has 2 aromatic carbocycles. The SMILES string of the molecule is C=CCNC(=O)c1c(Nc2ccccc2)sc2c(-c3ccc(Cl)cc3)c(C#N)c(N)nc12. The normalized spacial score (nSPS) is 10.5. The number of nitrogens with two attached hydrogens (primary N) is 1. The number of rotatable bonds is 6. The first-order valence-electron chi connectivity index (χ1n) is 9.66. The molecule has 0 saturated heterocycles. The molecule has 0 atom stereocenters. The van der Waals surface area contributed by atoms with Crippen LogP contribution < -0.4 is 16.4 Å². The van der Waals surface area contributed by atoms with Crippen LogP contribution in [0.15, 0.2) is 67.3 Å². The van der Waals surface area contributed by atoms with Crippen molar-refractivity contribution in [2.45, 2.75) is 0 Å². The van der Waals surface area contributed by atoms with Crippen LogP contribution in [0.1, 0.15) is 15.9 Å². The van der Waals surface area contributed by atoms with E-state index in [0.29, 0.717) is 37.9 Å². The van der Waals surface area contributed by atoms with Crippen LogP contribution >= 0.6 is 22.9 Å². The Balaban J connectivity index is 2.01. The van der Waals surface area contributed by atoms with E-state index in [4.69, 9.17) is 17.3 Å². The molecule has 4 rings (SSSR count). The smallest absolute Gasteiger partial charge is 0.256 e. The molecule has 4 aromatic rings. The quantitative estimate of drug-likeness (QED) is 0.319. The van der Waals surface area contributed by atoms with E-state index in [1.54, 1.807) is 18.2 Å². The summed E-state index contributed by atoms with van der Waals surface area (Å²) in [6, 6.07) is 18.8. The fraction of sp³-hybridized carbons (Fsp3) is 0.0417. The summed E-state index contributed by atoms with van der Waals surface area (Å²) >= 11 is 7.41. The summed E-state index contributed by atoms with van der Waals surface area (Å²) < 4.78 is 0.681. The van der Waals surface area contributed by atoms with Crippen LogP contribution in [0.4, 0.5) is 16.5 Å². The summed E-state index contributed by atoms with van der Waals surface area (Å²) in [7, 11) is 0. The minimum absolute atomic E-state index is 0.0618. The molecule has 158 valence electrons. The van der Waals surface area contributed by atoms with Gasteiger partial charge in [0.2, 0.25) is 0 Å². The maximum Gasteiger partial charge on any atom is 0.256 e. The minimum atomic E-state index is -0.312. The molecule has 0 spiro atoms. The van der Waals surface area contributed by atoms with Crippen molar-refractivity contribution < 1.29 is 4.79 Å². The van der Waals surface area contributed by atoms with Gasteiger partial charge in [0.05, 0.1) is 10.2 Å². The molecule has 0 saturated carbocycles. The van der Waals surface area contributed by atoms with E-state index in [9.17, 15) is 10.1 Å². The Labute approximate surface area is 194 Å². The van der Waals surface area contributed by atoms with Crippen molar-refractivity contribution >= 4 is 55.6 Å². The van der Waals surface area contributed by atoms with Gasteiger partial charge in [-0.05, 0) is 29.8 Å². The predicted molar refractivity (Wildman–Crippen MR) is 131 cm³/mol. The van der Waals surface area contributed by atoms with E-state index in [1.165, 1.54) is 11.3 Å². The molecule has 0 aliphatic rings. The zero-order chi connectivity index (χ0) is 22.7. The van der Waals surface area contributed by atoms with Crippen LogP contribution in [0.5, 0.6) is 0 Å². The number of halogens is 1. The Kier molecular flexibility index (Phi) is 6.08. The predicted octanol–water partition coefficient (Wildman–Crippen LogP) is 5.73. The number of nitrogen functional groups attached to an aromatic ring is 1. The molecule has 0 aliphatic carbocycles. The summed E-state index contributed by atoms with van der Waals surface area (Å²) in [5, 5.41) is 17.1. The number of aromatic nitrogens is 1. The van der Waals surface area contributed by atoms with Crippen molar-refractivity contribution in [1.82, 2.24) is 10.3 Å². The molecule has 0 aliphatic heterocycles. The molecule has 0 fully saturated rings. The number of carbonyl (C=O) groups excluding carboxylic acids is 1. The van der Waals surface area contributed by atoms with Crippen LogP contribution in [0, 0.1) is 11.3 Å². The molecule has 0 unspecified atom stereocenters. The van der Waals surface area contributed by atoms with E-state index in [1.807, 2.05) is 42.5 Å². The lowest BCUT2D eigenvalue weighted by Crippen LogP contribution is -2.23.